The van der Waals surface area contributed by atoms with Crippen LogP contribution < -0.4 is 14.9 Å². The second-order valence-electron chi connectivity index (χ2n) is 8.29. The smallest absolute Gasteiger partial charge is 0.241 e. The lowest BCUT2D eigenvalue weighted by molar-refractivity contribution is -0.117. The third-order valence-electron chi connectivity index (χ3n) is 5.82. The number of amides is 2. The van der Waals surface area contributed by atoms with Gasteiger partial charge in [-0.05, 0) is 74.1 Å². The maximum Gasteiger partial charge on any atom is 0.241 e. The van der Waals surface area contributed by atoms with Crippen LogP contribution in [0.3, 0.4) is 0 Å². The predicted molar refractivity (Wildman–Crippen MR) is 119 cm³/mol. The summed E-state index contributed by atoms with van der Waals surface area (Å²) >= 11 is 0. The number of benzene rings is 2. The molecule has 0 aromatic heterocycles. The molecular formula is C23H27N3O4S. The summed E-state index contributed by atoms with van der Waals surface area (Å²) in [6, 6.07) is 11.7. The average Bonchev–Trinajstić information content (AvgIpc) is 3.58. The van der Waals surface area contributed by atoms with Gasteiger partial charge in [0.05, 0.1) is 4.90 Å². The van der Waals surface area contributed by atoms with Crippen LogP contribution in [0.25, 0.3) is 0 Å². The summed E-state index contributed by atoms with van der Waals surface area (Å²) in [4.78, 5) is 25.6. The summed E-state index contributed by atoms with van der Waals surface area (Å²) < 4.78 is 28.6. The number of hydrogen-bond acceptors (Lipinski definition) is 4. The van der Waals surface area contributed by atoms with E-state index in [9.17, 15) is 18.0 Å². The lowest BCUT2D eigenvalue weighted by atomic mass is 10.0. The predicted octanol–water partition coefficient (Wildman–Crippen LogP) is 3.37. The first-order valence-electron chi connectivity index (χ1n) is 10.6. The fraction of sp³-hybridized carbons (Fsp3) is 0.391. The third-order valence-corrected chi connectivity index (χ3v) is 7.36. The van der Waals surface area contributed by atoms with Gasteiger partial charge in [-0.2, -0.15) is 0 Å². The van der Waals surface area contributed by atoms with E-state index in [0.29, 0.717) is 12.2 Å². The van der Waals surface area contributed by atoms with Crippen molar-refractivity contribution in [3.8, 4) is 0 Å². The van der Waals surface area contributed by atoms with E-state index in [4.69, 9.17) is 0 Å². The fourth-order valence-corrected chi connectivity index (χ4v) is 5.16. The monoisotopic (exact) mass is 441 g/mol. The number of nitrogens with one attached hydrogen (secondary N) is 2. The van der Waals surface area contributed by atoms with E-state index in [1.54, 1.807) is 42.2 Å². The number of aryl methyl sites for hydroxylation is 1. The van der Waals surface area contributed by atoms with Crippen molar-refractivity contribution in [1.29, 1.82) is 0 Å². The zero-order valence-electron chi connectivity index (χ0n) is 17.7. The van der Waals surface area contributed by atoms with E-state index >= 15 is 0 Å². The molecule has 1 heterocycles. The molecule has 1 saturated carbocycles. The molecule has 2 aromatic rings. The van der Waals surface area contributed by atoms with Crippen LogP contribution in [0.5, 0.6) is 0 Å². The molecule has 0 bridgehead atoms. The number of rotatable bonds is 6. The van der Waals surface area contributed by atoms with Crippen LogP contribution in [0.1, 0.15) is 50.3 Å². The van der Waals surface area contributed by atoms with Crippen molar-refractivity contribution in [3.05, 3.63) is 53.6 Å². The molecule has 164 valence electrons. The Morgan fingerprint density at radius 3 is 2.45 bits per heavy atom. The molecule has 2 aromatic carbocycles. The van der Waals surface area contributed by atoms with Crippen LogP contribution >= 0.6 is 0 Å². The van der Waals surface area contributed by atoms with Gasteiger partial charge in [-0.3, -0.25) is 9.59 Å². The lowest BCUT2D eigenvalue weighted by Gasteiger charge is -2.29. The molecule has 0 saturated heterocycles. The number of sulfonamides is 1. The van der Waals surface area contributed by atoms with Crippen molar-refractivity contribution in [2.45, 2.75) is 50.5 Å². The molecule has 0 spiro atoms. The van der Waals surface area contributed by atoms with E-state index in [0.717, 1.165) is 42.5 Å². The van der Waals surface area contributed by atoms with Gasteiger partial charge < -0.3 is 10.2 Å². The number of hydrogen-bond donors (Lipinski definition) is 2. The zero-order valence-corrected chi connectivity index (χ0v) is 18.5. The summed E-state index contributed by atoms with van der Waals surface area (Å²) in [6.45, 7) is 3.96. The summed E-state index contributed by atoms with van der Waals surface area (Å²) in [5, 5.41) is 2.88. The maximum atomic E-state index is 13.0. The number of anilines is 2. The molecule has 1 unspecified atom stereocenters. The molecule has 1 aliphatic carbocycles. The minimum absolute atomic E-state index is 0.0391. The molecule has 1 atom stereocenters. The second-order valence-corrected chi connectivity index (χ2v) is 10.0. The number of nitrogens with zero attached hydrogens (tertiary/aromatic N) is 1. The molecule has 7 nitrogen and oxygen atoms in total. The van der Waals surface area contributed by atoms with Gasteiger partial charge in [0.15, 0.2) is 0 Å². The highest BCUT2D eigenvalue weighted by atomic mass is 32.2. The van der Waals surface area contributed by atoms with Crippen LogP contribution in [-0.4, -0.2) is 26.8 Å². The first-order chi connectivity index (χ1) is 14.7. The molecule has 4 rings (SSSR count). The van der Waals surface area contributed by atoms with Crippen molar-refractivity contribution in [1.82, 2.24) is 4.72 Å². The molecular weight excluding hydrogens is 414 g/mol. The summed E-state index contributed by atoms with van der Waals surface area (Å²) in [7, 11) is -3.73. The van der Waals surface area contributed by atoms with Crippen LogP contribution in [0, 0.1) is 5.92 Å². The van der Waals surface area contributed by atoms with Gasteiger partial charge in [-0.15, -0.1) is 0 Å². The Kier molecular flexibility index (Phi) is 5.85. The Morgan fingerprint density at radius 2 is 1.81 bits per heavy atom. The number of carbonyl (C=O) groups excluding carboxylic acids is 2. The molecule has 2 aliphatic rings. The molecule has 0 radical (unpaired) electrons. The maximum absolute atomic E-state index is 13.0. The zero-order chi connectivity index (χ0) is 22.2. The standard InChI is InChI=1S/C23H27N3O4S/c1-15(17-7-9-20(10-8-17)24-23(28)18-5-6-18)25-31(29,30)21-11-12-22-19(14-21)4-3-13-26(22)16(2)27/h7-12,14-15,18,25H,3-6,13H2,1-2H3,(H,24,28). The van der Waals surface area contributed by atoms with E-state index in [1.807, 2.05) is 12.1 Å². The minimum atomic E-state index is -3.73. The summed E-state index contributed by atoms with van der Waals surface area (Å²) in [5.74, 6) is 0.127. The molecule has 8 heteroatoms. The molecule has 2 N–H and O–H groups in total. The summed E-state index contributed by atoms with van der Waals surface area (Å²) in [6.07, 6.45) is 3.44. The van der Waals surface area contributed by atoms with Gasteiger partial charge >= 0.3 is 0 Å². The Balaban J connectivity index is 1.47. The van der Waals surface area contributed by atoms with Crippen LogP contribution in [0.15, 0.2) is 47.4 Å². The average molecular weight is 442 g/mol. The highest BCUT2D eigenvalue weighted by molar-refractivity contribution is 7.89. The highest BCUT2D eigenvalue weighted by Gasteiger charge is 2.29. The highest BCUT2D eigenvalue weighted by Crippen LogP contribution is 2.31. The lowest BCUT2D eigenvalue weighted by Crippen LogP contribution is -2.34. The number of carbonyl (C=O) groups is 2. The Labute approximate surface area is 182 Å². The molecule has 2 amide bonds. The van der Waals surface area contributed by atoms with Gasteiger partial charge in [0.2, 0.25) is 21.8 Å². The van der Waals surface area contributed by atoms with E-state index in [1.165, 1.54) is 6.92 Å². The first-order valence-corrected chi connectivity index (χ1v) is 12.1. The number of fused-ring (bicyclic) bond motifs is 1. The fourth-order valence-electron chi connectivity index (χ4n) is 3.88. The van der Waals surface area contributed by atoms with E-state index < -0.39 is 16.1 Å². The van der Waals surface area contributed by atoms with Gasteiger partial charge in [-0.1, -0.05) is 12.1 Å². The normalized spacial score (nSPS) is 17.0. The van der Waals surface area contributed by atoms with Gasteiger partial charge in [-0.25, -0.2) is 13.1 Å². The summed E-state index contributed by atoms with van der Waals surface area (Å²) in [5.41, 5.74) is 3.16. The quantitative estimate of drug-likeness (QED) is 0.718. The van der Waals surface area contributed by atoms with Gasteiger partial charge in [0.25, 0.3) is 0 Å². The first kappa shape index (κ1) is 21.5. The van der Waals surface area contributed by atoms with Crippen molar-refractivity contribution in [3.63, 3.8) is 0 Å². The third kappa shape index (κ3) is 4.80. The Bertz CT molecular complexity index is 1110. The largest absolute Gasteiger partial charge is 0.326 e. The molecule has 31 heavy (non-hydrogen) atoms. The van der Waals surface area contributed by atoms with Crippen LogP contribution in [-0.2, 0) is 26.0 Å². The minimum Gasteiger partial charge on any atom is -0.326 e. The van der Waals surface area contributed by atoms with Crippen LogP contribution in [0.4, 0.5) is 11.4 Å². The van der Waals surface area contributed by atoms with Crippen molar-refractivity contribution >= 4 is 33.2 Å². The van der Waals surface area contributed by atoms with E-state index in [-0.39, 0.29) is 22.6 Å². The molecule has 1 aliphatic heterocycles. The second kappa shape index (κ2) is 8.43. The Hall–Kier alpha value is -2.71. The molecule has 1 fully saturated rings. The van der Waals surface area contributed by atoms with Crippen molar-refractivity contribution < 1.29 is 18.0 Å². The van der Waals surface area contributed by atoms with Gasteiger partial charge in [0, 0.05) is 36.8 Å². The van der Waals surface area contributed by atoms with Gasteiger partial charge in [0.1, 0.15) is 0 Å². The van der Waals surface area contributed by atoms with E-state index in [2.05, 4.69) is 10.0 Å². The van der Waals surface area contributed by atoms with Crippen molar-refractivity contribution in [2.75, 3.05) is 16.8 Å². The van der Waals surface area contributed by atoms with Crippen molar-refractivity contribution in [2.24, 2.45) is 5.92 Å². The SMILES string of the molecule is CC(=O)N1CCCc2cc(S(=O)(=O)NC(C)c3ccc(NC(=O)C4CC4)cc3)ccc21. The Morgan fingerprint density at radius 1 is 1.10 bits per heavy atom. The van der Waals surface area contributed by atoms with Crippen LogP contribution in [0.2, 0.25) is 0 Å². The topological polar surface area (TPSA) is 95.6 Å².